The lowest BCUT2D eigenvalue weighted by atomic mass is 10.1. The second-order valence-electron chi connectivity index (χ2n) is 5.50. The molecule has 1 aromatic carbocycles. The minimum atomic E-state index is -1.44. The molecule has 2 aliphatic rings. The highest BCUT2D eigenvalue weighted by Crippen LogP contribution is 2.42. The second-order valence-corrected chi connectivity index (χ2v) is 7.50. The highest BCUT2D eigenvalue weighted by Gasteiger charge is 2.42. The summed E-state index contributed by atoms with van der Waals surface area (Å²) >= 11 is 2.77. The number of thioether (sulfide) groups is 2. The highest BCUT2D eigenvalue weighted by molar-refractivity contribution is 8.18. The number of hydrazine groups is 1. The molecule has 1 unspecified atom stereocenters. The summed E-state index contributed by atoms with van der Waals surface area (Å²) in [5.74, 6) is 0. The summed E-state index contributed by atoms with van der Waals surface area (Å²) in [5, 5.41) is 43.2. The SMILES string of the molecule is Cc1ccccc1N=C1NN2C(=CSC2[C@H](O)[C@@H](O)[C@H](O)CO)S1. The van der Waals surface area contributed by atoms with E-state index in [1.165, 1.54) is 23.5 Å². The van der Waals surface area contributed by atoms with Crippen LogP contribution in [0.15, 0.2) is 39.7 Å². The van der Waals surface area contributed by atoms with Crippen LogP contribution in [0.2, 0.25) is 0 Å². The Morgan fingerprint density at radius 1 is 1.29 bits per heavy atom. The van der Waals surface area contributed by atoms with E-state index in [1.807, 2.05) is 36.6 Å². The third-order valence-corrected chi connectivity index (χ3v) is 5.96. The zero-order chi connectivity index (χ0) is 17.3. The van der Waals surface area contributed by atoms with Crippen LogP contribution in [0.25, 0.3) is 0 Å². The molecule has 9 heteroatoms. The topological polar surface area (TPSA) is 109 Å². The van der Waals surface area contributed by atoms with Gasteiger partial charge in [-0.25, -0.2) is 4.99 Å². The largest absolute Gasteiger partial charge is 0.394 e. The molecular weight excluding hydrogens is 350 g/mol. The van der Waals surface area contributed by atoms with E-state index in [4.69, 9.17) is 5.11 Å². The van der Waals surface area contributed by atoms with Crippen molar-refractivity contribution in [3.63, 3.8) is 0 Å². The molecule has 1 saturated heterocycles. The van der Waals surface area contributed by atoms with Gasteiger partial charge in [-0.15, -0.1) is 11.8 Å². The van der Waals surface area contributed by atoms with E-state index in [9.17, 15) is 15.3 Å². The molecule has 5 N–H and O–H groups in total. The molecule has 0 spiro atoms. The van der Waals surface area contributed by atoms with Gasteiger partial charge in [-0.2, -0.15) is 0 Å². The fourth-order valence-corrected chi connectivity index (χ4v) is 4.52. The maximum atomic E-state index is 10.3. The van der Waals surface area contributed by atoms with Crippen LogP contribution < -0.4 is 5.43 Å². The van der Waals surface area contributed by atoms with Crippen molar-refractivity contribution in [1.82, 2.24) is 10.4 Å². The molecule has 24 heavy (non-hydrogen) atoms. The van der Waals surface area contributed by atoms with Gasteiger partial charge in [0.25, 0.3) is 0 Å². The Morgan fingerprint density at radius 3 is 2.75 bits per heavy atom. The van der Waals surface area contributed by atoms with Gasteiger partial charge in [-0.3, -0.25) is 10.4 Å². The number of aliphatic hydroxyl groups excluding tert-OH is 4. The van der Waals surface area contributed by atoms with Gasteiger partial charge in [0.05, 0.1) is 12.3 Å². The average molecular weight is 369 g/mol. The third-order valence-electron chi connectivity index (χ3n) is 3.78. The van der Waals surface area contributed by atoms with Crippen LogP contribution >= 0.6 is 23.5 Å². The summed E-state index contributed by atoms with van der Waals surface area (Å²) in [6, 6.07) is 7.77. The van der Waals surface area contributed by atoms with Gasteiger partial charge in [-0.1, -0.05) is 18.2 Å². The number of amidine groups is 1. The summed E-state index contributed by atoms with van der Waals surface area (Å²) in [5.41, 5.74) is 5.03. The first-order valence-corrected chi connectivity index (χ1v) is 9.16. The monoisotopic (exact) mass is 369 g/mol. The normalized spacial score (nSPS) is 25.2. The van der Waals surface area contributed by atoms with Crippen LogP contribution in [0.4, 0.5) is 5.69 Å². The van der Waals surface area contributed by atoms with Crippen LogP contribution in [-0.2, 0) is 0 Å². The predicted molar refractivity (Wildman–Crippen MR) is 95.4 cm³/mol. The smallest absolute Gasteiger partial charge is 0.187 e. The standard InChI is InChI=1S/C15H19N3O4S2/c1-8-4-2-3-5-9(8)16-15-17-18-11(24-15)7-23-14(18)13(22)12(21)10(20)6-19/h2-5,7,10,12-14,19-22H,6H2,1H3,(H,16,17)/t10-,12+,13-,14?/m1/s1. The summed E-state index contributed by atoms with van der Waals surface area (Å²) in [7, 11) is 0. The summed E-state index contributed by atoms with van der Waals surface area (Å²) in [4.78, 5) is 4.57. The Morgan fingerprint density at radius 2 is 2.04 bits per heavy atom. The Hall–Kier alpha value is -1.23. The number of aliphatic hydroxyl groups is 4. The molecule has 2 heterocycles. The number of hydrogen-bond acceptors (Lipinski definition) is 8. The molecule has 1 aromatic rings. The van der Waals surface area contributed by atoms with Crippen LogP contribution in [0.3, 0.4) is 0 Å². The van der Waals surface area contributed by atoms with Crippen LogP contribution in [0.5, 0.6) is 0 Å². The number of aliphatic imine (C=N–C) groups is 1. The Kier molecular flexibility index (Phi) is 5.38. The fraction of sp³-hybridized carbons (Fsp3) is 0.400. The number of rotatable bonds is 5. The van der Waals surface area contributed by atoms with Gasteiger partial charge >= 0.3 is 0 Å². The first-order chi connectivity index (χ1) is 11.5. The van der Waals surface area contributed by atoms with Crippen molar-refractivity contribution in [3.8, 4) is 0 Å². The number of nitrogens with one attached hydrogen (secondary N) is 1. The number of aryl methyl sites for hydroxylation is 1. The Labute approximate surface area is 148 Å². The maximum absolute atomic E-state index is 10.3. The van der Waals surface area contributed by atoms with Gasteiger partial charge in [0.1, 0.15) is 28.7 Å². The number of hydrogen-bond donors (Lipinski definition) is 5. The molecular formula is C15H19N3O4S2. The Balaban J connectivity index is 1.73. The van der Waals surface area contributed by atoms with Crippen molar-refractivity contribution in [1.29, 1.82) is 0 Å². The van der Waals surface area contributed by atoms with E-state index in [1.54, 1.807) is 5.01 Å². The van der Waals surface area contributed by atoms with E-state index in [2.05, 4.69) is 10.4 Å². The lowest BCUT2D eigenvalue weighted by Gasteiger charge is -2.31. The quantitative estimate of drug-likeness (QED) is 0.510. The van der Waals surface area contributed by atoms with Crippen molar-refractivity contribution in [2.75, 3.05) is 6.61 Å². The van der Waals surface area contributed by atoms with E-state index in [0.29, 0.717) is 5.17 Å². The van der Waals surface area contributed by atoms with E-state index in [0.717, 1.165) is 16.3 Å². The highest BCUT2D eigenvalue weighted by atomic mass is 32.2. The molecule has 0 amide bonds. The number of fused-ring (bicyclic) bond motifs is 1. The fourth-order valence-electron chi connectivity index (χ4n) is 2.37. The zero-order valence-electron chi connectivity index (χ0n) is 12.9. The molecule has 0 bridgehead atoms. The van der Waals surface area contributed by atoms with Crippen LogP contribution in [-0.4, -0.2) is 60.9 Å². The molecule has 3 rings (SSSR count). The molecule has 4 atom stereocenters. The van der Waals surface area contributed by atoms with Crippen molar-refractivity contribution in [3.05, 3.63) is 40.3 Å². The van der Waals surface area contributed by atoms with Gasteiger partial charge < -0.3 is 20.4 Å². The van der Waals surface area contributed by atoms with Gasteiger partial charge in [0.2, 0.25) is 0 Å². The second kappa shape index (κ2) is 7.34. The maximum Gasteiger partial charge on any atom is 0.187 e. The van der Waals surface area contributed by atoms with E-state index >= 15 is 0 Å². The number of benzene rings is 1. The Bertz CT molecular complexity index is 670. The van der Waals surface area contributed by atoms with Crippen molar-refractivity contribution >= 4 is 34.4 Å². The van der Waals surface area contributed by atoms with E-state index in [-0.39, 0.29) is 0 Å². The van der Waals surface area contributed by atoms with Crippen molar-refractivity contribution < 1.29 is 20.4 Å². The average Bonchev–Trinajstić information content (AvgIpc) is 3.14. The minimum absolute atomic E-state index is 0.520. The molecule has 2 aliphatic heterocycles. The molecule has 0 aromatic heterocycles. The predicted octanol–water partition coefficient (Wildman–Crippen LogP) is 0.483. The summed E-state index contributed by atoms with van der Waals surface area (Å²) in [6.07, 6.45) is -4.07. The molecule has 7 nitrogen and oxygen atoms in total. The van der Waals surface area contributed by atoms with Gasteiger partial charge in [-0.05, 0) is 30.3 Å². The van der Waals surface area contributed by atoms with Gasteiger partial charge in [0.15, 0.2) is 5.17 Å². The number of para-hydroxylation sites is 1. The molecule has 130 valence electrons. The van der Waals surface area contributed by atoms with Crippen molar-refractivity contribution in [2.45, 2.75) is 30.6 Å². The minimum Gasteiger partial charge on any atom is -0.394 e. The first kappa shape index (κ1) is 17.6. The molecule has 0 radical (unpaired) electrons. The molecule has 1 fully saturated rings. The third kappa shape index (κ3) is 3.41. The summed E-state index contributed by atoms with van der Waals surface area (Å²) in [6.45, 7) is 1.37. The number of nitrogens with zero attached hydrogens (tertiary/aromatic N) is 2. The first-order valence-electron chi connectivity index (χ1n) is 7.40. The van der Waals surface area contributed by atoms with Crippen LogP contribution in [0.1, 0.15) is 5.56 Å². The zero-order valence-corrected chi connectivity index (χ0v) is 14.5. The summed E-state index contributed by atoms with van der Waals surface area (Å²) < 4.78 is 0. The lowest BCUT2D eigenvalue weighted by Crippen LogP contribution is -2.51. The molecule has 0 saturated carbocycles. The van der Waals surface area contributed by atoms with E-state index < -0.39 is 30.3 Å². The molecule has 0 aliphatic carbocycles. The van der Waals surface area contributed by atoms with Crippen LogP contribution in [0, 0.1) is 6.92 Å². The lowest BCUT2D eigenvalue weighted by molar-refractivity contribution is -0.0871. The van der Waals surface area contributed by atoms with Crippen molar-refractivity contribution in [2.24, 2.45) is 4.99 Å². The van der Waals surface area contributed by atoms with Gasteiger partial charge in [0, 0.05) is 5.41 Å².